The van der Waals surface area contributed by atoms with E-state index >= 15 is 0 Å². The van der Waals surface area contributed by atoms with E-state index in [1.807, 2.05) is 35.2 Å². The van der Waals surface area contributed by atoms with Gasteiger partial charge in [-0.05, 0) is 24.8 Å². The van der Waals surface area contributed by atoms with Gasteiger partial charge in [0, 0.05) is 19.1 Å². The molecule has 1 saturated carbocycles. The van der Waals surface area contributed by atoms with Crippen molar-refractivity contribution in [3.63, 3.8) is 0 Å². The van der Waals surface area contributed by atoms with Crippen LogP contribution in [-0.2, 0) is 16.1 Å². The van der Waals surface area contributed by atoms with Gasteiger partial charge < -0.3 is 14.5 Å². The fourth-order valence-corrected chi connectivity index (χ4v) is 3.19. The zero-order chi connectivity index (χ0) is 16.2. The number of likely N-dealkylation sites (tertiary alicyclic amines) is 1. The summed E-state index contributed by atoms with van der Waals surface area (Å²) in [5.74, 6) is -0.0724. The van der Waals surface area contributed by atoms with E-state index in [9.17, 15) is 9.59 Å². The normalized spacial score (nSPS) is 20.4. The molecule has 124 valence electrons. The van der Waals surface area contributed by atoms with Crippen LogP contribution in [0, 0.1) is 0 Å². The molecule has 1 aliphatic carbocycles. The van der Waals surface area contributed by atoms with E-state index in [1.165, 1.54) is 0 Å². The van der Waals surface area contributed by atoms with Gasteiger partial charge in [-0.25, -0.2) is 4.79 Å². The maximum atomic E-state index is 12.5. The summed E-state index contributed by atoms with van der Waals surface area (Å²) < 4.78 is 5.48. The summed E-state index contributed by atoms with van der Waals surface area (Å²) in [6.07, 6.45) is 2.54. The number of halogens is 1. The van der Waals surface area contributed by atoms with Crippen molar-refractivity contribution in [1.29, 1.82) is 0 Å². The summed E-state index contributed by atoms with van der Waals surface area (Å²) in [6, 6.07) is 9.95. The van der Waals surface area contributed by atoms with Gasteiger partial charge in [-0.2, -0.15) is 0 Å². The van der Waals surface area contributed by atoms with Crippen molar-refractivity contribution >= 4 is 23.6 Å². The molecule has 1 aliphatic heterocycles. The number of nitrogens with zero attached hydrogens (tertiary/aromatic N) is 2. The van der Waals surface area contributed by atoms with Gasteiger partial charge in [0.05, 0.1) is 6.04 Å². The molecule has 1 aromatic rings. The van der Waals surface area contributed by atoms with Gasteiger partial charge in [0.25, 0.3) is 0 Å². The fraction of sp³-hybridized carbons (Fsp3) is 0.529. The van der Waals surface area contributed by atoms with E-state index in [0.29, 0.717) is 13.1 Å². The molecular formula is C17H21ClN2O3. The van der Waals surface area contributed by atoms with Crippen molar-refractivity contribution in [2.75, 3.05) is 19.0 Å². The van der Waals surface area contributed by atoms with Crippen molar-refractivity contribution in [1.82, 2.24) is 9.80 Å². The highest BCUT2D eigenvalue weighted by molar-refractivity contribution is 6.27. The molecule has 1 saturated heterocycles. The predicted molar refractivity (Wildman–Crippen MR) is 87.2 cm³/mol. The fourth-order valence-electron chi connectivity index (χ4n) is 3.02. The van der Waals surface area contributed by atoms with Gasteiger partial charge in [-0.15, -0.1) is 11.6 Å². The highest BCUT2D eigenvalue weighted by atomic mass is 35.5. The summed E-state index contributed by atoms with van der Waals surface area (Å²) in [6.45, 7) is 1.49. The minimum absolute atomic E-state index is 0.00535. The average molecular weight is 337 g/mol. The second kappa shape index (κ2) is 7.21. The molecule has 0 radical (unpaired) electrons. The quantitative estimate of drug-likeness (QED) is 0.777. The molecule has 2 aliphatic rings. The van der Waals surface area contributed by atoms with E-state index in [1.54, 1.807) is 4.90 Å². The molecule has 0 spiro atoms. The first-order valence-corrected chi connectivity index (χ1v) is 8.55. The van der Waals surface area contributed by atoms with Gasteiger partial charge in [0.15, 0.2) is 0 Å². The molecule has 2 amide bonds. The van der Waals surface area contributed by atoms with Crippen LogP contribution in [0.2, 0.25) is 0 Å². The van der Waals surface area contributed by atoms with Gasteiger partial charge in [-0.1, -0.05) is 30.3 Å². The van der Waals surface area contributed by atoms with Crippen molar-refractivity contribution in [2.45, 2.75) is 38.0 Å². The van der Waals surface area contributed by atoms with Gasteiger partial charge in [0.1, 0.15) is 12.5 Å². The van der Waals surface area contributed by atoms with Crippen LogP contribution in [0.25, 0.3) is 0 Å². The second-order valence-corrected chi connectivity index (χ2v) is 6.36. The minimum Gasteiger partial charge on any atom is -0.445 e. The lowest BCUT2D eigenvalue weighted by Crippen LogP contribution is -2.44. The molecule has 5 nitrogen and oxygen atoms in total. The number of alkyl halides is 1. The molecule has 1 atom stereocenters. The monoisotopic (exact) mass is 336 g/mol. The molecule has 3 rings (SSSR count). The molecule has 1 aromatic carbocycles. The Morgan fingerprint density at radius 3 is 2.57 bits per heavy atom. The summed E-state index contributed by atoms with van der Waals surface area (Å²) in [5.41, 5.74) is 0.974. The van der Waals surface area contributed by atoms with E-state index in [2.05, 4.69) is 0 Å². The Balaban J connectivity index is 1.58. The van der Waals surface area contributed by atoms with Gasteiger partial charge in [0.2, 0.25) is 5.91 Å². The molecule has 2 fully saturated rings. The summed E-state index contributed by atoms with van der Waals surface area (Å²) in [4.78, 5) is 27.8. The number of rotatable bonds is 5. The number of carbonyl (C=O) groups is 2. The Bertz CT molecular complexity index is 562. The molecule has 23 heavy (non-hydrogen) atoms. The van der Waals surface area contributed by atoms with Crippen LogP contribution < -0.4 is 0 Å². The molecular weight excluding hydrogens is 316 g/mol. The molecule has 1 heterocycles. The van der Waals surface area contributed by atoms with E-state index in [0.717, 1.165) is 24.8 Å². The van der Waals surface area contributed by atoms with Crippen LogP contribution in [0.3, 0.4) is 0 Å². The highest BCUT2D eigenvalue weighted by Crippen LogP contribution is 2.32. The Morgan fingerprint density at radius 1 is 1.17 bits per heavy atom. The Morgan fingerprint density at radius 2 is 1.91 bits per heavy atom. The third kappa shape index (κ3) is 3.96. The largest absolute Gasteiger partial charge is 0.445 e. The zero-order valence-corrected chi connectivity index (χ0v) is 13.7. The van der Waals surface area contributed by atoms with Crippen molar-refractivity contribution in [3.8, 4) is 0 Å². The number of amides is 2. The number of hydrogen-bond donors (Lipinski definition) is 0. The van der Waals surface area contributed by atoms with Gasteiger partial charge in [-0.3, -0.25) is 4.79 Å². The number of carbonyl (C=O) groups excluding carboxylic acids is 2. The van der Waals surface area contributed by atoms with Crippen LogP contribution in [0.15, 0.2) is 30.3 Å². The lowest BCUT2D eigenvalue weighted by Gasteiger charge is -2.28. The van der Waals surface area contributed by atoms with E-state index in [-0.39, 0.29) is 36.6 Å². The standard InChI is InChI=1S/C17H21ClN2O3/c18-10-16(21)19-9-8-15(11-19)20(14-6-7-14)17(22)23-12-13-4-2-1-3-5-13/h1-5,14-15H,6-12H2/t15-/m0/s1. The number of ether oxygens (including phenoxy) is 1. The van der Waals surface area contributed by atoms with Gasteiger partial charge >= 0.3 is 6.09 Å². The van der Waals surface area contributed by atoms with E-state index < -0.39 is 0 Å². The molecule has 0 aromatic heterocycles. The average Bonchev–Trinajstić information content (AvgIpc) is 3.29. The van der Waals surface area contributed by atoms with E-state index in [4.69, 9.17) is 16.3 Å². The second-order valence-electron chi connectivity index (χ2n) is 6.09. The first-order chi connectivity index (χ1) is 11.2. The smallest absolute Gasteiger partial charge is 0.410 e. The first-order valence-electron chi connectivity index (χ1n) is 8.02. The first kappa shape index (κ1) is 16.1. The van der Waals surface area contributed by atoms with Crippen LogP contribution in [0.5, 0.6) is 0 Å². The number of hydrogen-bond acceptors (Lipinski definition) is 3. The van der Waals surface area contributed by atoms with Crippen molar-refractivity contribution in [3.05, 3.63) is 35.9 Å². The topological polar surface area (TPSA) is 49.9 Å². The highest BCUT2D eigenvalue weighted by Gasteiger charge is 2.41. The predicted octanol–water partition coefficient (Wildman–Crippen LogP) is 2.63. The van der Waals surface area contributed by atoms with Crippen molar-refractivity contribution < 1.29 is 14.3 Å². The SMILES string of the molecule is O=C(CCl)N1CC[C@H](N(C(=O)OCc2ccccc2)C2CC2)C1. The third-order valence-corrected chi connectivity index (χ3v) is 4.61. The third-order valence-electron chi connectivity index (χ3n) is 4.38. The Kier molecular flexibility index (Phi) is 5.06. The maximum Gasteiger partial charge on any atom is 0.410 e. The lowest BCUT2D eigenvalue weighted by atomic mass is 10.2. The van der Waals surface area contributed by atoms with Crippen LogP contribution >= 0.6 is 11.6 Å². The summed E-state index contributed by atoms with van der Waals surface area (Å²) in [7, 11) is 0. The van der Waals surface area contributed by atoms with Crippen LogP contribution in [0.1, 0.15) is 24.8 Å². The van der Waals surface area contributed by atoms with Crippen LogP contribution in [0.4, 0.5) is 4.79 Å². The molecule has 6 heteroatoms. The Hall–Kier alpha value is -1.75. The van der Waals surface area contributed by atoms with Crippen LogP contribution in [-0.4, -0.2) is 52.9 Å². The van der Waals surface area contributed by atoms with Crippen molar-refractivity contribution in [2.24, 2.45) is 0 Å². The molecule has 0 N–H and O–H groups in total. The summed E-state index contributed by atoms with van der Waals surface area (Å²) >= 11 is 5.62. The zero-order valence-electron chi connectivity index (χ0n) is 13.0. The molecule has 0 unspecified atom stereocenters. The number of benzene rings is 1. The Labute approximate surface area is 141 Å². The molecule has 0 bridgehead atoms. The minimum atomic E-state index is -0.276. The maximum absolute atomic E-state index is 12.5. The summed E-state index contributed by atoms with van der Waals surface area (Å²) in [5, 5.41) is 0. The lowest BCUT2D eigenvalue weighted by molar-refractivity contribution is -0.127.